The van der Waals surface area contributed by atoms with E-state index >= 15 is 0 Å². The molecule has 6 heteroatoms. The molecule has 0 atom stereocenters. The zero-order valence-corrected chi connectivity index (χ0v) is 17.0. The molecule has 28 heavy (non-hydrogen) atoms. The van der Waals surface area contributed by atoms with E-state index in [9.17, 15) is 4.79 Å². The molecule has 4 rings (SSSR count). The quantitative estimate of drug-likeness (QED) is 0.539. The topological polar surface area (TPSA) is 38.8 Å². The summed E-state index contributed by atoms with van der Waals surface area (Å²) in [5, 5.41) is 0. The number of hydrogen-bond donors (Lipinski definition) is 0. The Labute approximate surface area is 173 Å². The summed E-state index contributed by atoms with van der Waals surface area (Å²) in [6.45, 7) is 1.01. The normalized spacial score (nSPS) is 17.4. The summed E-state index contributed by atoms with van der Waals surface area (Å²) in [6, 6.07) is 15.7. The molecule has 0 bridgehead atoms. The maximum atomic E-state index is 12.8. The molecule has 0 unspecified atom stereocenters. The van der Waals surface area contributed by atoms with Gasteiger partial charge in [0.1, 0.15) is 22.4 Å². The lowest BCUT2D eigenvalue weighted by molar-refractivity contribution is -0.122. The minimum atomic E-state index is -0.0386. The van der Waals surface area contributed by atoms with Crippen LogP contribution in [0.3, 0.4) is 0 Å². The van der Waals surface area contributed by atoms with Crippen LogP contribution in [-0.4, -0.2) is 35.4 Å². The number of nitrogens with zero attached hydrogens (tertiary/aromatic N) is 1. The number of hydrogen-bond acceptors (Lipinski definition) is 5. The largest absolute Gasteiger partial charge is 0.497 e. The summed E-state index contributed by atoms with van der Waals surface area (Å²) in [7, 11) is 1.65. The summed E-state index contributed by atoms with van der Waals surface area (Å²) in [4.78, 5) is 15.1. The van der Waals surface area contributed by atoms with Crippen LogP contribution < -0.4 is 9.47 Å². The third kappa shape index (κ3) is 3.98. The van der Waals surface area contributed by atoms with E-state index in [2.05, 4.69) is 6.08 Å². The van der Waals surface area contributed by atoms with Gasteiger partial charge in [-0.2, -0.15) is 0 Å². The lowest BCUT2D eigenvalue weighted by Gasteiger charge is -2.16. The average molecular weight is 410 g/mol. The molecule has 142 valence electrons. The molecule has 2 aromatic rings. The molecular weight excluding hydrogens is 390 g/mol. The molecule has 1 amide bonds. The molecular formula is C22H19NO3S2. The number of thioether (sulfide) groups is 1. The first-order valence-electron chi connectivity index (χ1n) is 8.95. The smallest absolute Gasteiger partial charge is 0.266 e. The number of fused-ring (bicyclic) bond motifs is 1. The van der Waals surface area contributed by atoms with Gasteiger partial charge < -0.3 is 9.47 Å². The summed E-state index contributed by atoms with van der Waals surface area (Å²) in [6.07, 6.45) is 4.69. The van der Waals surface area contributed by atoms with Crippen LogP contribution in [0.5, 0.6) is 11.5 Å². The van der Waals surface area contributed by atoms with Gasteiger partial charge in [-0.25, -0.2) is 0 Å². The van der Waals surface area contributed by atoms with Crippen molar-refractivity contribution in [1.29, 1.82) is 0 Å². The Bertz CT molecular complexity index is 980. The number of rotatable bonds is 5. The molecule has 1 saturated heterocycles. The van der Waals surface area contributed by atoms with Crippen LogP contribution in [0, 0.1) is 0 Å². The lowest BCUT2D eigenvalue weighted by atomic mass is 10.1. The van der Waals surface area contributed by atoms with Gasteiger partial charge in [-0.1, -0.05) is 54.3 Å². The molecule has 2 aromatic carbocycles. The van der Waals surface area contributed by atoms with Crippen LogP contribution in [0.25, 0.3) is 6.08 Å². The van der Waals surface area contributed by atoms with Crippen molar-refractivity contribution in [3.63, 3.8) is 0 Å². The molecule has 2 heterocycles. The van der Waals surface area contributed by atoms with Gasteiger partial charge in [0.2, 0.25) is 0 Å². The fourth-order valence-electron chi connectivity index (χ4n) is 3.11. The number of thiocarbonyl (C=S) groups is 1. The van der Waals surface area contributed by atoms with Crippen molar-refractivity contribution in [2.24, 2.45) is 0 Å². The second kappa shape index (κ2) is 8.20. The number of amides is 1. The van der Waals surface area contributed by atoms with Crippen LogP contribution in [-0.2, 0) is 11.2 Å². The molecule has 0 aliphatic carbocycles. The fourth-order valence-corrected chi connectivity index (χ4v) is 4.44. The van der Waals surface area contributed by atoms with E-state index in [0.717, 1.165) is 34.6 Å². The molecule has 0 radical (unpaired) electrons. The van der Waals surface area contributed by atoms with E-state index in [-0.39, 0.29) is 5.91 Å². The first-order valence-corrected chi connectivity index (χ1v) is 10.2. The molecule has 0 N–H and O–H groups in total. The number of ether oxygens (including phenoxy) is 2. The third-order valence-corrected chi connectivity index (χ3v) is 6.01. The van der Waals surface area contributed by atoms with Gasteiger partial charge in [0.15, 0.2) is 0 Å². The number of carbonyl (C=O) groups excluding carboxylic acids is 1. The van der Waals surface area contributed by atoms with Gasteiger partial charge in [0, 0.05) is 12.1 Å². The van der Waals surface area contributed by atoms with E-state index in [4.69, 9.17) is 21.7 Å². The molecule has 0 saturated carbocycles. The number of benzene rings is 2. The zero-order valence-electron chi connectivity index (χ0n) is 15.4. The molecule has 0 aromatic heterocycles. The van der Waals surface area contributed by atoms with Crippen LogP contribution in [0.1, 0.15) is 11.1 Å². The predicted molar refractivity (Wildman–Crippen MR) is 117 cm³/mol. The molecule has 2 aliphatic rings. The van der Waals surface area contributed by atoms with Gasteiger partial charge in [-0.05, 0) is 47.9 Å². The predicted octanol–water partition coefficient (Wildman–Crippen LogP) is 4.46. The first-order chi connectivity index (χ1) is 13.6. The Kier molecular flexibility index (Phi) is 5.50. The average Bonchev–Trinajstić information content (AvgIpc) is 2.99. The van der Waals surface area contributed by atoms with Gasteiger partial charge in [0.25, 0.3) is 5.91 Å². The van der Waals surface area contributed by atoms with Crippen molar-refractivity contribution >= 4 is 40.3 Å². The van der Waals surface area contributed by atoms with Gasteiger partial charge in [0.05, 0.1) is 12.0 Å². The Morgan fingerprint density at radius 1 is 1.21 bits per heavy atom. The highest BCUT2D eigenvalue weighted by Gasteiger charge is 2.32. The Balaban J connectivity index is 1.45. The maximum Gasteiger partial charge on any atom is 0.266 e. The molecule has 2 aliphatic heterocycles. The van der Waals surface area contributed by atoms with Crippen molar-refractivity contribution in [3.8, 4) is 11.5 Å². The van der Waals surface area contributed by atoms with Crippen LogP contribution in [0.4, 0.5) is 0 Å². The van der Waals surface area contributed by atoms with E-state index in [1.807, 2.05) is 54.6 Å². The zero-order chi connectivity index (χ0) is 19.5. The minimum Gasteiger partial charge on any atom is -0.497 e. The van der Waals surface area contributed by atoms with Crippen LogP contribution in [0.2, 0.25) is 0 Å². The van der Waals surface area contributed by atoms with Crippen LogP contribution >= 0.6 is 24.0 Å². The number of methoxy groups -OCH3 is 1. The molecule has 0 spiro atoms. The maximum absolute atomic E-state index is 12.8. The standard InChI is InChI=1S/C22H19NO3S2/c1-25-18-8-6-15(7-9-18)10-11-23-21(24)20(28-22(23)27)13-16-12-17-4-2-3-5-19(17)26-14-16/h2-9,12-13H,10-11,14H2,1H3/b20-13+. The Hall–Kier alpha value is -2.57. The lowest BCUT2D eigenvalue weighted by Crippen LogP contribution is -2.30. The van der Waals surface area contributed by atoms with E-state index in [0.29, 0.717) is 22.4 Å². The van der Waals surface area contributed by atoms with E-state index < -0.39 is 0 Å². The van der Waals surface area contributed by atoms with Gasteiger partial charge >= 0.3 is 0 Å². The highest BCUT2D eigenvalue weighted by molar-refractivity contribution is 8.26. The SMILES string of the molecule is COc1ccc(CCN2C(=O)/C(=C\C3=Cc4ccccc4OC3)SC2=S)cc1. The number of carbonyl (C=O) groups is 1. The Morgan fingerprint density at radius 2 is 2.00 bits per heavy atom. The number of para-hydroxylation sites is 1. The molecule has 1 fully saturated rings. The highest BCUT2D eigenvalue weighted by atomic mass is 32.2. The van der Waals surface area contributed by atoms with Crippen molar-refractivity contribution in [2.45, 2.75) is 6.42 Å². The van der Waals surface area contributed by atoms with Gasteiger partial charge in [-0.3, -0.25) is 9.69 Å². The third-order valence-electron chi connectivity index (χ3n) is 4.63. The van der Waals surface area contributed by atoms with Crippen LogP contribution in [0.15, 0.2) is 65.1 Å². The van der Waals surface area contributed by atoms with E-state index in [1.54, 1.807) is 12.0 Å². The van der Waals surface area contributed by atoms with Crippen molar-refractivity contribution in [1.82, 2.24) is 4.90 Å². The minimum absolute atomic E-state index is 0.0386. The summed E-state index contributed by atoms with van der Waals surface area (Å²) < 4.78 is 11.5. The second-order valence-electron chi connectivity index (χ2n) is 6.48. The first kappa shape index (κ1) is 18.8. The summed E-state index contributed by atoms with van der Waals surface area (Å²) in [5.74, 6) is 1.65. The Morgan fingerprint density at radius 3 is 2.79 bits per heavy atom. The summed E-state index contributed by atoms with van der Waals surface area (Å²) in [5.41, 5.74) is 3.13. The van der Waals surface area contributed by atoms with Crippen molar-refractivity contribution in [2.75, 3.05) is 20.3 Å². The molecule has 4 nitrogen and oxygen atoms in total. The van der Waals surface area contributed by atoms with Crippen molar-refractivity contribution < 1.29 is 14.3 Å². The fraction of sp³-hybridized carbons (Fsp3) is 0.182. The highest BCUT2D eigenvalue weighted by Crippen LogP contribution is 2.34. The monoisotopic (exact) mass is 409 g/mol. The second-order valence-corrected chi connectivity index (χ2v) is 8.15. The van der Waals surface area contributed by atoms with Crippen molar-refractivity contribution in [3.05, 3.63) is 76.2 Å². The van der Waals surface area contributed by atoms with E-state index in [1.165, 1.54) is 11.8 Å². The summed E-state index contributed by atoms with van der Waals surface area (Å²) >= 11 is 6.79. The van der Waals surface area contributed by atoms with Gasteiger partial charge in [-0.15, -0.1) is 0 Å².